The number of oxazole rings is 1. The molecule has 6 nitrogen and oxygen atoms in total. The third-order valence-corrected chi connectivity index (χ3v) is 7.52. The number of Topliss-reactive ketones (excluding diaryl/α,β-unsaturated/α-hetero) is 2. The number of aryl methyl sites for hydroxylation is 1. The summed E-state index contributed by atoms with van der Waals surface area (Å²) in [6, 6.07) is 15.4. The fourth-order valence-corrected chi connectivity index (χ4v) is 5.36. The van der Waals surface area contributed by atoms with E-state index >= 15 is 0 Å². The Bertz CT molecular complexity index is 1260. The molecule has 1 aliphatic rings. The Morgan fingerprint density at radius 1 is 1.00 bits per heavy atom. The van der Waals surface area contributed by atoms with Crippen LogP contribution < -0.4 is 0 Å². The summed E-state index contributed by atoms with van der Waals surface area (Å²) in [5, 5.41) is 9.49. The first-order valence-corrected chi connectivity index (χ1v) is 13.3. The van der Waals surface area contributed by atoms with Crippen LogP contribution in [0.2, 0.25) is 5.02 Å². The fourth-order valence-electron chi connectivity index (χ4n) is 5.14. The first-order valence-electron chi connectivity index (χ1n) is 12.9. The topological polar surface area (TPSA) is 97.5 Å². The molecule has 1 fully saturated rings. The van der Waals surface area contributed by atoms with E-state index in [0.717, 1.165) is 31.2 Å². The van der Waals surface area contributed by atoms with Crippen molar-refractivity contribution >= 4 is 29.1 Å². The second-order valence-corrected chi connectivity index (χ2v) is 10.4. The Labute approximate surface area is 222 Å². The minimum atomic E-state index is -0.711. The number of nitrogens with zero attached hydrogens (tertiary/aromatic N) is 1. The zero-order chi connectivity index (χ0) is 26.4. The zero-order valence-corrected chi connectivity index (χ0v) is 21.8. The van der Waals surface area contributed by atoms with Gasteiger partial charge in [-0.3, -0.25) is 14.4 Å². The van der Waals surface area contributed by atoms with Gasteiger partial charge in [0.15, 0.2) is 5.78 Å². The largest absolute Gasteiger partial charge is 0.481 e. The molecule has 1 aromatic heterocycles. The van der Waals surface area contributed by atoms with Crippen LogP contribution in [0, 0.1) is 12.8 Å². The summed E-state index contributed by atoms with van der Waals surface area (Å²) in [5.74, 6) is 0.756. The number of rotatable bonds is 11. The van der Waals surface area contributed by atoms with Gasteiger partial charge in [0, 0.05) is 25.7 Å². The summed E-state index contributed by atoms with van der Waals surface area (Å²) in [6.45, 7) is 1.71. The summed E-state index contributed by atoms with van der Waals surface area (Å²) >= 11 is 6.21. The van der Waals surface area contributed by atoms with Gasteiger partial charge in [0.2, 0.25) is 5.89 Å². The lowest BCUT2D eigenvalue weighted by molar-refractivity contribution is -0.138. The molecule has 1 saturated carbocycles. The van der Waals surface area contributed by atoms with Crippen molar-refractivity contribution in [1.29, 1.82) is 0 Å². The van der Waals surface area contributed by atoms with Crippen LogP contribution in [-0.2, 0) is 16.0 Å². The van der Waals surface area contributed by atoms with Gasteiger partial charge in [-0.15, -0.1) is 0 Å². The quantitative estimate of drug-likeness (QED) is 0.267. The maximum atomic E-state index is 12.7. The predicted octanol–water partition coefficient (Wildman–Crippen LogP) is 7.22. The molecule has 0 bridgehead atoms. The molecular weight excluding hydrogens is 490 g/mol. The number of benzene rings is 2. The maximum absolute atomic E-state index is 12.7. The van der Waals surface area contributed by atoms with Crippen molar-refractivity contribution in [2.75, 3.05) is 0 Å². The number of aromatic nitrogens is 1. The van der Waals surface area contributed by atoms with E-state index in [9.17, 15) is 14.4 Å². The van der Waals surface area contributed by atoms with Crippen molar-refractivity contribution in [3.05, 3.63) is 76.1 Å². The van der Waals surface area contributed by atoms with Crippen LogP contribution in [0.25, 0.3) is 11.5 Å². The summed E-state index contributed by atoms with van der Waals surface area (Å²) in [6.07, 6.45) is 5.55. The molecule has 1 aliphatic carbocycles. The van der Waals surface area contributed by atoms with Gasteiger partial charge in [-0.25, -0.2) is 4.98 Å². The molecule has 3 aromatic rings. The lowest BCUT2D eigenvalue weighted by atomic mass is 9.77. The zero-order valence-electron chi connectivity index (χ0n) is 21.0. The molecule has 0 aliphatic heterocycles. The minimum Gasteiger partial charge on any atom is -0.481 e. The van der Waals surface area contributed by atoms with Crippen LogP contribution >= 0.6 is 11.6 Å². The summed E-state index contributed by atoms with van der Waals surface area (Å²) in [7, 11) is 0. The second kappa shape index (κ2) is 12.3. The van der Waals surface area contributed by atoms with E-state index in [2.05, 4.69) is 17.1 Å². The third-order valence-electron chi connectivity index (χ3n) is 7.19. The summed E-state index contributed by atoms with van der Waals surface area (Å²) in [5.41, 5.74) is 3.15. The van der Waals surface area contributed by atoms with E-state index in [4.69, 9.17) is 21.1 Å². The summed E-state index contributed by atoms with van der Waals surface area (Å²) in [4.78, 5) is 40.5. The number of aliphatic carboxylic acids is 1. The van der Waals surface area contributed by atoms with Crippen LogP contribution in [0.5, 0.6) is 0 Å². The van der Waals surface area contributed by atoms with Crippen LogP contribution in [-0.4, -0.2) is 27.6 Å². The van der Waals surface area contributed by atoms with Gasteiger partial charge in [-0.1, -0.05) is 48.0 Å². The van der Waals surface area contributed by atoms with Crippen LogP contribution in [0.4, 0.5) is 0 Å². The Morgan fingerprint density at radius 2 is 1.70 bits per heavy atom. The number of hydrogen-bond acceptors (Lipinski definition) is 5. The van der Waals surface area contributed by atoms with Crippen molar-refractivity contribution in [2.45, 2.75) is 70.6 Å². The van der Waals surface area contributed by atoms with E-state index in [1.54, 1.807) is 19.1 Å². The number of carboxylic acid groups (broad SMARTS) is 1. The van der Waals surface area contributed by atoms with Crippen molar-refractivity contribution in [3.63, 3.8) is 0 Å². The lowest BCUT2D eigenvalue weighted by Crippen LogP contribution is -2.16. The van der Waals surface area contributed by atoms with Crippen LogP contribution in [0.15, 0.2) is 52.9 Å². The van der Waals surface area contributed by atoms with Crippen molar-refractivity contribution < 1.29 is 23.9 Å². The van der Waals surface area contributed by atoms with Gasteiger partial charge in [0.25, 0.3) is 0 Å². The van der Waals surface area contributed by atoms with Gasteiger partial charge in [-0.2, -0.15) is 0 Å². The van der Waals surface area contributed by atoms with E-state index in [0.29, 0.717) is 47.4 Å². The van der Waals surface area contributed by atoms with Gasteiger partial charge >= 0.3 is 5.97 Å². The molecular formula is C30H32ClNO5. The lowest BCUT2D eigenvalue weighted by Gasteiger charge is -2.28. The predicted molar refractivity (Wildman–Crippen MR) is 142 cm³/mol. The average Bonchev–Trinajstić information content (AvgIpc) is 3.26. The van der Waals surface area contributed by atoms with Gasteiger partial charge in [0.05, 0.1) is 10.6 Å². The molecule has 4 rings (SSSR count). The monoisotopic (exact) mass is 521 g/mol. The molecule has 1 heterocycles. The Balaban J connectivity index is 1.23. The molecule has 0 saturated heterocycles. The Hall–Kier alpha value is -3.25. The number of ketones is 2. The number of hydrogen-bond donors (Lipinski definition) is 1. The average molecular weight is 522 g/mol. The molecule has 7 heteroatoms. The van der Waals surface area contributed by atoms with E-state index < -0.39 is 5.97 Å². The minimum absolute atomic E-state index is 0.100. The molecule has 0 unspecified atom stereocenters. The molecule has 194 valence electrons. The third kappa shape index (κ3) is 7.16. The van der Waals surface area contributed by atoms with E-state index in [-0.39, 0.29) is 36.0 Å². The van der Waals surface area contributed by atoms with Crippen molar-refractivity contribution in [3.8, 4) is 11.5 Å². The number of carbonyl (C=O) groups is 3. The van der Waals surface area contributed by atoms with Crippen LogP contribution in [0.1, 0.15) is 84.7 Å². The molecule has 0 spiro atoms. The van der Waals surface area contributed by atoms with E-state index in [1.165, 1.54) is 5.56 Å². The first kappa shape index (κ1) is 26.8. The molecule has 37 heavy (non-hydrogen) atoms. The SMILES string of the molecule is Cc1oc(-c2ccccc2Cl)nc1C(=O)CCCC(=O)Cc1ccc(C2CCC(CC(=O)O)CC2)cc1. The molecule has 1 N–H and O–H groups in total. The Morgan fingerprint density at radius 3 is 2.38 bits per heavy atom. The van der Waals surface area contributed by atoms with E-state index in [1.807, 2.05) is 24.3 Å². The van der Waals surface area contributed by atoms with Crippen molar-refractivity contribution in [2.24, 2.45) is 5.92 Å². The molecule has 0 amide bonds. The smallest absolute Gasteiger partial charge is 0.303 e. The van der Waals surface area contributed by atoms with Crippen molar-refractivity contribution in [1.82, 2.24) is 4.98 Å². The highest BCUT2D eigenvalue weighted by atomic mass is 35.5. The molecule has 0 radical (unpaired) electrons. The summed E-state index contributed by atoms with van der Waals surface area (Å²) < 4.78 is 5.68. The standard InChI is InChI=1S/C30H32ClNO5/c1-19-29(32-30(37-19)25-6-2-3-7-26(25)31)27(34)8-4-5-24(33)17-20-9-13-22(14-10-20)23-15-11-21(12-16-23)18-28(35)36/h2-3,6-7,9-10,13-14,21,23H,4-5,8,11-12,15-18H2,1H3,(H,35,36). The first-order chi connectivity index (χ1) is 17.8. The van der Waals surface area contributed by atoms with Crippen LogP contribution in [0.3, 0.4) is 0 Å². The number of carbonyl (C=O) groups excluding carboxylic acids is 2. The molecule has 2 aromatic carbocycles. The highest BCUT2D eigenvalue weighted by molar-refractivity contribution is 6.33. The number of halogens is 1. The van der Waals surface area contributed by atoms with Gasteiger partial charge < -0.3 is 9.52 Å². The van der Waals surface area contributed by atoms with Gasteiger partial charge in [0.1, 0.15) is 17.2 Å². The maximum Gasteiger partial charge on any atom is 0.303 e. The fraction of sp³-hybridized carbons (Fsp3) is 0.400. The highest BCUT2D eigenvalue weighted by Gasteiger charge is 2.24. The highest BCUT2D eigenvalue weighted by Crippen LogP contribution is 2.37. The Kier molecular flexibility index (Phi) is 8.93. The molecule has 0 atom stereocenters. The van der Waals surface area contributed by atoms with Gasteiger partial charge in [-0.05, 0) is 74.1 Å². The number of carboxylic acids is 1. The second-order valence-electron chi connectivity index (χ2n) is 9.95. The normalized spacial score (nSPS) is 17.5.